The molecule has 36 heavy (non-hydrogen) atoms. The molecule has 5 rings (SSSR count). The Kier molecular flexibility index (Phi) is 6.85. The topological polar surface area (TPSA) is 69.7 Å². The van der Waals surface area contributed by atoms with Gasteiger partial charge in [0.05, 0.1) is 17.8 Å². The number of hydrogen-bond donors (Lipinski definition) is 1. The molecule has 2 atom stereocenters. The van der Waals surface area contributed by atoms with Crippen LogP contribution in [-0.4, -0.2) is 41.2 Å². The summed E-state index contributed by atoms with van der Waals surface area (Å²) in [5.41, 5.74) is 3.97. The molecule has 184 valence electrons. The van der Waals surface area contributed by atoms with Gasteiger partial charge in [0.25, 0.3) is 11.8 Å². The van der Waals surface area contributed by atoms with Crippen molar-refractivity contribution in [3.63, 3.8) is 0 Å². The van der Waals surface area contributed by atoms with Crippen molar-refractivity contribution in [3.05, 3.63) is 101 Å². The fourth-order valence-electron chi connectivity index (χ4n) is 5.12. The molecule has 2 heterocycles. The maximum Gasteiger partial charge on any atom is 0.256 e. The fourth-order valence-corrected chi connectivity index (χ4v) is 5.12. The zero-order chi connectivity index (χ0) is 25.1. The molecular formula is C30H31N3O3. The summed E-state index contributed by atoms with van der Waals surface area (Å²) in [7, 11) is 0. The third-order valence-corrected chi connectivity index (χ3v) is 7.13. The van der Waals surface area contributed by atoms with Gasteiger partial charge in [0, 0.05) is 18.2 Å². The van der Waals surface area contributed by atoms with Crippen LogP contribution < -0.4 is 10.2 Å². The van der Waals surface area contributed by atoms with Gasteiger partial charge in [-0.05, 0) is 68.0 Å². The molecule has 0 bridgehead atoms. The molecule has 6 nitrogen and oxygen atoms in total. The summed E-state index contributed by atoms with van der Waals surface area (Å²) in [6, 6.07) is 24.6. The normalized spacial score (nSPS) is 17.9. The van der Waals surface area contributed by atoms with Crippen molar-refractivity contribution in [2.75, 3.05) is 11.4 Å². The average molecular weight is 482 g/mol. The van der Waals surface area contributed by atoms with Crippen LogP contribution in [0, 0.1) is 0 Å². The van der Waals surface area contributed by atoms with Crippen LogP contribution in [0.3, 0.4) is 0 Å². The minimum absolute atomic E-state index is 0.0418. The average Bonchev–Trinajstić information content (AvgIpc) is 3.38. The molecule has 0 spiro atoms. The van der Waals surface area contributed by atoms with Gasteiger partial charge in [0.2, 0.25) is 5.91 Å². The van der Waals surface area contributed by atoms with Gasteiger partial charge in [-0.2, -0.15) is 0 Å². The third-order valence-electron chi connectivity index (χ3n) is 7.13. The Bertz CT molecular complexity index is 1260. The van der Waals surface area contributed by atoms with Gasteiger partial charge >= 0.3 is 0 Å². The molecule has 0 aromatic heterocycles. The Morgan fingerprint density at radius 2 is 1.67 bits per heavy atom. The van der Waals surface area contributed by atoms with Gasteiger partial charge in [0.15, 0.2) is 0 Å². The van der Waals surface area contributed by atoms with Crippen LogP contribution in [0.15, 0.2) is 78.9 Å². The van der Waals surface area contributed by atoms with Crippen LogP contribution in [-0.2, 0) is 17.8 Å². The number of fused-ring (bicyclic) bond motifs is 2. The number of carbonyl (C=O) groups is 3. The Morgan fingerprint density at radius 1 is 0.944 bits per heavy atom. The predicted octanol–water partition coefficient (Wildman–Crippen LogP) is 4.59. The predicted molar refractivity (Wildman–Crippen MR) is 140 cm³/mol. The zero-order valence-corrected chi connectivity index (χ0v) is 20.5. The van der Waals surface area contributed by atoms with Gasteiger partial charge in [0.1, 0.15) is 6.04 Å². The molecule has 6 heteroatoms. The summed E-state index contributed by atoms with van der Waals surface area (Å²) in [5, 5.41) is 3.08. The number of anilines is 1. The lowest BCUT2D eigenvalue weighted by atomic mass is 10.1. The molecule has 0 radical (unpaired) electrons. The molecule has 0 unspecified atom stereocenters. The second kappa shape index (κ2) is 10.4. The van der Waals surface area contributed by atoms with E-state index in [1.54, 1.807) is 28.0 Å². The molecular weight excluding hydrogens is 450 g/mol. The number of aryl methyl sites for hydroxylation is 1. The Balaban J connectivity index is 1.26. The smallest absolute Gasteiger partial charge is 0.256 e. The molecule has 3 amide bonds. The number of hydrogen-bond acceptors (Lipinski definition) is 3. The van der Waals surface area contributed by atoms with E-state index in [0.717, 1.165) is 24.8 Å². The number of amides is 3. The Labute approximate surface area is 211 Å². The van der Waals surface area contributed by atoms with E-state index in [1.165, 1.54) is 5.56 Å². The largest absolute Gasteiger partial charge is 0.350 e. The summed E-state index contributed by atoms with van der Waals surface area (Å²) in [6.07, 6.45) is 3.30. The first kappa shape index (κ1) is 23.8. The molecule has 1 fully saturated rings. The number of nitrogens with zero attached hydrogens (tertiary/aromatic N) is 2. The minimum atomic E-state index is -0.410. The number of benzene rings is 3. The maximum absolute atomic E-state index is 13.5. The molecule has 0 aliphatic carbocycles. The van der Waals surface area contributed by atoms with Crippen LogP contribution in [0.2, 0.25) is 0 Å². The minimum Gasteiger partial charge on any atom is -0.350 e. The molecule has 1 N–H and O–H groups in total. The van der Waals surface area contributed by atoms with E-state index in [-0.39, 0.29) is 23.8 Å². The molecule has 3 aromatic carbocycles. The first-order chi connectivity index (χ1) is 17.5. The molecule has 0 saturated carbocycles. The second-order valence-electron chi connectivity index (χ2n) is 9.69. The quantitative estimate of drug-likeness (QED) is 0.537. The van der Waals surface area contributed by atoms with Crippen LogP contribution in [0.25, 0.3) is 0 Å². The van der Waals surface area contributed by atoms with Crippen LogP contribution in [0.5, 0.6) is 0 Å². The van der Waals surface area contributed by atoms with Gasteiger partial charge in [-0.15, -0.1) is 0 Å². The first-order valence-corrected chi connectivity index (χ1v) is 12.7. The van der Waals surface area contributed by atoms with Gasteiger partial charge < -0.3 is 15.1 Å². The van der Waals surface area contributed by atoms with Crippen LogP contribution in [0.1, 0.15) is 58.0 Å². The summed E-state index contributed by atoms with van der Waals surface area (Å²) in [6.45, 7) is 2.99. The van der Waals surface area contributed by atoms with Crippen LogP contribution in [0.4, 0.5) is 5.69 Å². The lowest BCUT2D eigenvalue weighted by Gasteiger charge is -2.26. The number of para-hydroxylation sites is 1. The van der Waals surface area contributed by atoms with E-state index in [2.05, 4.69) is 17.4 Å². The van der Waals surface area contributed by atoms with Crippen molar-refractivity contribution >= 4 is 23.4 Å². The van der Waals surface area contributed by atoms with Crippen molar-refractivity contribution in [1.82, 2.24) is 10.2 Å². The van der Waals surface area contributed by atoms with Crippen molar-refractivity contribution in [3.8, 4) is 0 Å². The zero-order valence-electron chi connectivity index (χ0n) is 20.5. The number of rotatable bonds is 7. The lowest BCUT2D eigenvalue weighted by Crippen LogP contribution is -2.44. The molecule has 1 saturated heterocycles. The lowest BCUT2D eigenvalue weighted by molar-refractivity contribution is -0.122. The fraction of sp³-hybridized carbons (Fsp3) is 0.300. The molecule has 2 aliphatic heterocycles. The van der Waals surface area contributed by atoms with E-state index in [4.69, 9.17) is 0 Å². The van der Waals surface area contributed by atoms with Gasteiger partial charge in [-0.25, -0.2) is 0 Å². The third kappa shape index (κ3) is 4.89. The van der Waals surface area contributed by atoms with Crippen LogP contribution >= 0.6 is 0 Å². The Hall–Kier alpha value is -3.93. The summed E-state index contributed by atoms with van der Waals surface area (Å²) in [5.74, 6) is -0.220. The van der Waals surface area contributed by atoms with Crippen molar-refractivity contribution in [1.29, 1.82) is 0 Å². The van der Waals surface area contributed by atoms with E-state index in [9.17, 15) is 14.4 Å². The maximum atomic E-state index is 13.5. The molecule has 3 aromatic rings. The van der Waals surface area contributed by atoms with E-state index in [0.29, 0.717) is 36.3 Å². The highest BCUT2D eigenvalue weighted by molar-refractivity contribution is 6.11. The SMILES string of the molecule is C[C@H](CCc1ccccc1)NC(=O)c1ccc(CN2C(=O)[C@H]3CCCN3C(=O)c3ccccc32)cc1. The van der Waals surface area contributed by atoms with Crippen molar-refractivity contribution < 1.29 is 14.4 Å². The number of carbonyl (C=O) groups excluding carboxylic acids is 3. The van der Waals surface area contributed by atoms with E-state index < -0.39 is 6.04 Å². The van der Waals surface area contributed by atoms with Gasteiger partial charge in [-0.3, -0.25) is 14.4 Å². The highest BCUT2D eigenvalue weighted by atomic mass is 16.2. The summed E-state index contributed by atoms with van der Waals surface area (Å²) < 4.78 is 0. The summed E-state index contributed by atoms with van der Waals surface area (Å²) in [4.78, 5) is 42.8. The standard InChI is InChI=1S/C30H31N3O3/c1-21(13-14-22-8-3-2-4-9-22)31-28(34)24-17-15-23(16-18-24)20-33-26-11-6-5-10-25(26)29(35)32-19-7-12-27(32)30(33)36/h2-6,8-11,15-18,21,27H,7,12-14,19-20H2,1H3,(H,31,34)/t21-,27-/m1/s1. The second-order valence-corrected chi connectivity index (χ2v) is 9.69. The number of nitrogens with one attached hydrogen (secondary N) is 1. The monoisotopic (exact) mass is 481 g/mol. The Morgan fingerprint density at radius 3 is 2.44 bits per heavy atom. The highest BCUT2D eigenvalue weighted by Gasteiger charge is 2.41. The highest BCUT2D eigenvalue weighted by Crippen LogP contribution is 2.33. The van der Waals surface area contributed by atoms with Crippen molar-refractivity contribution in [2.24, 2.45) is 0 Å². The van der Waals surface area contributed by atoms with E-state index in [1.807, 2.05) is 55.5 Å². The van der Waals surface area contributed by atoms with Crippen molar-refractivity contribution in [2.45, 2.75) is 51.2 Å². The first-order valence-electron chi connectivity index (χ1n) is 12.7. The molecule has 2 aliphatic rings. The van der Waals surface area contributed by atoms with E-state index >= 15 is 0 Å². The summed E-state index contributed by atoms with van der Waals surface area (Å²) >= 11 is 0. The van der Waals surface area contributed by atoms with Gasteiger partial charge in [-0.1, -0.05) is 54.6 Å².